The number of carbonyl (C=O) groups excluding carboxylic acids is 1. The maximum Gasteiger partial charge on any atom is 0.317 e. The molecular formula is C17H30N4O3. The van der Waals surface area contributed by atoms with Crippen LogP contribution in [-0.4, -0.2) is 65.9 Å². The highest BCUT2D eigenvalue weighted by molar-refractivity contribution is 5.73. The number of amides is 2. The van der Waals surface area contributed by atoms with Gasteiger partial charge in [0.2, 0.25) is 0 Å². The van der Waals surface area contributed by atoms with E-state index in [1.54, 1.807) is 11.9 Å². The highest BCUT2D eigenvalue weighted by Crippen LogP contribution is 2.15. The van der Waals surface area contributed by atoms with Gasteiger partial charge in [-0.1, -0.05) is 5.16 Å². The number of rotatable bonds is 5. The van der Waals surface area contributed by atoms with E-state index in [9.17, 15) is 4.79 Å². The minimum absolute atomic E-state index is 0.0868. The van der Waals surface area contributed by atoms with Crippen LogP contribution in [-0.2, 0) is 11.3 Å². The molecule has 2 amide bonds. The number of hydrogen-bond donors (Lipinski definition) is 1. The van der Waals surface area contributed by atoms with E-state index >= 15 is 0 Å². The van der Waals surface area contributed by atoms with E-state index in [0.29, 0.717) is 13.1 Å². The molecule has 0 bridgehead atoms. The Labute approximate surface area is 144 Å². The number of nitrogens with zero attached hydrogens (tertiary/aromatic N) is 3. The maximum absolute atomic E-state index is 12.3. The molecule has 0 aromatic carbocycles. The zero-order chi connectivity index (χ0) is 17.9. The molecule has 7 heteroatoms. The summed E-state index contributed by atoms with van der Waals surface area (Å²) in [5.41, 5.74) is 1.80. The van der Waals surface area contributed by atoms with Gasteiger partial charge in [0.1, 0.15) is 5.76 Å². The van der Waals surface area contributed by atoms with Crippen molar-refractivity contribution in [3.8, 4) is 0 Å². The molecular weight excluding hydrogens is 308 g/mol. The van der Waals surface area contributed by atoms with Crippen molar-refractivity contribution >= 4 is 6.03 Å². The predicted octanol–water partition coefficient (Wildman–Crippen LogP) is 1.93. The van der Waals surface area contributed by atoms with Gasteiger partial charge in [0.15, 0.2) is 0 Å². The van der Waals surface area contributed by atoms with Gasteiger partial charge in [0.25, 0.3) is 0 Å². The molecule has 0 aliphatic carbocycles. The first-order chi connectivity index (χ1) is 11.3. The minimum Gasteiger partial charge on any atom is -0.373 e. The van der Waals surface area contributed by atoms with Gasteiger partial charge in [-0.05, 0) is 34.6 Å². The number of morpholine rings is 1. The molecule has 0 unspecified atom stereocenters. The van der Waals surface area contributed by atoms with Crippen molar-refractivity contribution < 1.29 is 14.1 Å². The first kappa shape index (κ1) is 18.7. The van der Waals surface area contributed by atoms with Gasteiger partial charge in [0, 0.05) is 38.3 Å². The summed E-state index contributed by atoms with van der Waals surface area (Å²) in [4.78, 5) is 16.4. The molecule has 1 aromatic rings. The van der Waals surface area contributed by atoms with Gasteiger partial charge < -0.3 is 19.5 Å². The smallest absolute Gasteiger partial charge is 0.317 e. The van der Waals surface area contributed by atoms with Crippen molar-refractivity contribution in [1.29, 1.82) is 0 Å². The number of carbonyl (C=O) groups is 1. The van der Waals surface area contributed by atoms with E-state index in [2.05, 4.69) is 36.1 Å². The summed E-state index contributed by atoms with van der Waals surface area (Å²) in [6.45, 7) is 13.0. The van der Waals surface area contributed by atoms with E-state index in [1.807, 2.05) is 13.8 Å². The quantitative estimate of drug-likeness (QED) is 0.888. The van der Waals surface area contributed by atoms with E-state index < -0.39 is 0 Å². The topological polar surface area (TPSA) is 70.8 Å². The molecule has 1 N–H and O–H groups in total. The number of aryl methyl sites for hydroxylation is 2. The molecule has 1 aliphatic heterocycles. The molecule has 2 heterocycles. The summed E-state index contributed by atoms with van der Waals surface area (Å²) in [5.74, 6) is 0.761. The Bertz CT molecular complexity index is 531. The average Bonchev–Trinajstić information content (AvgIpc) is 2.83. The average molecular weight is 338 g/mol. The van der Waals surface area contributed by atoms with E-state index in [0.717, 1.165) is 30.1 Å². The van der Waals surface area contributed by atoms with Gasteiger partial charge in [-0.15, -0.1) is 0 Å². The largest absolute Gasteiger partial charge is 0.373 e. The predicted molar refractivity (Wildman–Crippen MR) is 91.9 cm³/mol. The Morgan fingerprint density at radius 3 is 2.54 bits per heavy atom. The zero-order valence-corrected chi connectivity index (χ0v) is 15.6. The number of ether oxygens (including phenoxy) is 1. The molecule has 0 spiro atoms. The van der Waals surface area contributed by atoms with Gasteiger partial charge in [0.05, 0.1) is 24.4 Å². The molecule has 1 saturated heterocycles. The van der Waals surface area contributed by atoms with Crippen LogP contribution in [0.15, 0.2) is 4.52 Å². The summed E-state index contributed by atoms with van der Waals surface area (Å²) in [5, 5.41) is 6.94. The molecule has 0 saturated carbocycles. The van der Waals surface area contributed by atoms with E-state index in [1.165, 1.54) is 0 Å². The Morgan fingerprint density at radius 1 is 1.38 bits per heavy atom. The zero-order valence-electron chi connectivity index (χ0n) is 15.6. The second-order valence-corrected chi connectivity index (χ2v) is 6.91. The molecule has 2 rings (SSSR count). The second kappa shape index (κ2) is 7.98. The molecule has 24 heavy (non-hydrogen) atoms. The van der Waals surface area contributed by atoms with Gasteiger partial charge in [-0.25, -0.2) is 4.79 Å². The normalized spacial score (nSPS) is 23.1. The molecule has 7 nitrogen and oxygen atoms in total. The van der Waals surface area contributed by atoms with Crippen LogP contribution in [0.3, 0.4) is 0 Å². The first-order valence-electron chi connectivity index (χ1n) is 8.58. The summed E-state index contributed by atoms with van der Waals surface area (Å²) < 4.78 is 10.9. The highest BCUT2D eigenvalue weighted by atomic mass is 16.5. The van der Waals surface area contributed by atoms with Crippen molar-refractivity contribution in [2.45, 2.75) is 59.4 Å². The number of aromatic nitrogens is 1. The lowest BCUT2D eigenvalue weighted by atomic mass is 10.1. The van der Waals surface area contributed by atoms with Crippen molar-refractivity contribution in [3.63, 3.8) is 0 Å². The fourth-order valence-corrected chi connectivity index (χ4v) is 3.11. The van der Waals surface area contributed by atoms with E-state index in [-0.39, 0.29) is 24.3 Å². The third-order valence-electron chi connectivity index (χ3n) is 4.54. The number of urea groups is 1. The van der Waals surface area contributed by atoms with Crippen molar-refractivity contribution in [2.75, 3.05) is 26.7 Å². The monoisotopic (exact) mass is 338 g/mol. The van der Waals surface area contributed by atoms with Gasteiger partial charge in [-0.2, -0.15) is 0 Å². The van der Waals surface area contributed by atoms with Crippen LogP contribution < -0.4 is 5.32 Å². The van der Waals surface area contributed by atoms with Crippen molar-refractivity contribution in [2.24, 2.45) is 0 Å². The lowest BCUT2D eigenvalue weighted by Gasteiger charge is -2.39. The summed E-state index contributed by atoms with van der Waals surface area (Å²) in [7, 11) is 1.78. The molecule has 0 radical (unpaired) electrons. The Kier molecular flexibility index (Phi) is 6.23. The van der Waals surface area contributed by atoms with Crippen LogP contribution in [0.1, 0.15) is 37.8 Å². The summed E-state index contributed by atoms with van der Waals surface area (Å²) in [6.07, 6.45) is 0.461. The minimum atomic E-state index is -0.0868. The first-order valence-corrected chi connectivity index (χ1v) is 8.58. The Morgan fingerprint density at radius 2 is 2.00 bits per heavy atom. The SMILES string of the molecule is Cc1noc(C)c1CN(C)C(=O)NC[C@H](C)N1C[C@@H](C)O[C@H](C)C1. The lowest BCUT2D eigenvalue weighted by Crippen LogP contribution is -2.53. The molecule has 136 valence electrons. The third kappa shape index (κ3) is 4.70. The van der Waals surface area contributed by atoms with E-state index in [4.69, 9.17) is 9.26 Å². The fourth-order valence-electron chi connectivity index (χ4n) is 3.11. The molecule has 3 atom stereocenters. The summed E-state index contributed by atoms with van der Waals surface area (Å²) >= 11 is 0. The number of hydrogen-bond acceptors (Lipinski definition) is 5. The van der Waals surface area contributed by atoms with Crippen LogP contribution in [0.2, 0.25) is 0 Å². The standard InChI is InChI=1S/C17H30N4O3/c1-11(21-8-12(2)23-13(3)9-21)7-18-17(22)20(6)10-16-14(4)19-24-15(16)5/h11-13H,7-10H2,1-6H3,(H,18,22)/t11-,12+,13+/m0/s1. The van der Waals surface area contributed by atoms with Crippen LogP contribution in [0.25, 0.3) is 0 Å². The van der Waals surface area contributed by atoms with Crippen LogP contribution >= 0.6 is 0 Å². The molecule has 1 fully saturated rings. The van der Waals surface area contributed by atoms with Gasteiger partial charge in [-0.3, -0.25) is 4.90 Å². The van der Waals surface area contributed by atoms with Crippen molar-refractivity contribution in [3.05, 3.63) is 17.0 Å². The molecule has 1 aliphatic rings. The van der Waals surface area contributed by atoms with Crippen LogP contribution in [0.5, 0.6) is 0 Å². The highest BCUT2D eigenvalue weighted by Gasteiger charge is 2.26. The maximum atomic E-state index is 12.3. The van der Waals surface area contributed by atoms with Crippen LogP contribution in [0, 0.1) is 13.8 Å². The van der Waals surface area contributed by atoms with Gasteiger partial charge >= 0.3 is 6.03 Å². The van der Waals surface area contributed by atoms with Crippen LogP contribution in [0.4, 0.5) is 4.79 Å². The lowest BCUT2D eigenvalue weighted by molar-refractivity contribution is -0.0778. The Hall–Kier alpha value is -1.60. The second-order valence-electron chi connectivity index (χ2n) is 6.91. The molecule has 1 aromatic heterocycles. The fraction of sp³-hybridized carbons (Fsp3) is 0.765. The third-order valence-corrected chi connectivity index (χ3v) is 4.54. The summed E-state index contributed by atoms with van der Waals surface area (Å²) in [6, 6.07) is 0.187. The Balaban J connectivity index is 1.81. The van der Waals surface area contributed by atoms with Crippen molar-refractivity contribution in [1.82, 2.24) is 20.3 Å². The number of nitrogens with one attached hydrogen (secondary N) is 1.